The molecule has 1 aromatic heterocycles. The van der Waals surface area contributed by atoms with Crippen LogP contribution in [0.4, 0.5) is 4.79 Å². The van der Waals surface area contributed by atoms with Crippen molar-refractivity contribution in [3.8, 4) is 0 Å². The minimum absolute atomic E-state index is 0.0624. The maximum atomic E-state index is 12.6. The number of carbonyl (C=O) groups excluding carboxylic acids is 3. The molecule has 0 radical (unpaired) electrons. The van der Waals surface area contributed by atoms with E-state index in [0.29, 0.717) is 11.1 Å². The van der Waals surface area contributed by atoms with Gasteiger partial charge in [-0.15, -0.1) is 0 Å². The molecule has 0 saturated carbocycles. The van der Waals surface area contributed by atoms with Gasteiger partial charge in [-0.3, -0.25) is 24.5 Å². The number of benzene rings is 1. The number of hydrogen-bond acceptors (Lipinski definition) is 6. The van der Waals surface area contributed by atoms with E-state index >= 15 is 0 Å². The summed E-state index contributed by atoms with van der Waals surface area (Å²) in [4.78, 5) is 51.5. The molecular weight excluding hydrogens is 358 g/mol. The predicted octanol–water partition coefficient (Wildman–Crippen LogP) is 0.591. The largest absolute Gasteiger partial charge is 0.395 e. The number of thioether (sulfide) groups is 1. The molecule has 1 aromatic carbocycles. The number of nitrogens with one attached hydrogen (secondary N) is 2. The number of rotatable bonds is 6. The van der Waals surface area contributed by atoms with Crippen molar-refractivity contribution < 1.29 is 19.5 Å². The molecule has 0 bridgehead atoms. The first-order valence-corrected chi connectivity index (χ1v) is 8.87. The number of aliphatic hydroxyl groups is 1. The number of imide groups is 1. The fourth-order valence-corrected chi connectivity index (χ4v) is 3.65. The van der Waals surface area contributed by atoms with Crippen LogP contribution in [0.15, 0.2) is 35.1 Å². The van der Waals surface area contributed by atoms with Gasteiger partial charge in [0.1, 0.15) is 5.25 Å². The molecule has 26 heavy (non-hydrogen) atoms. The van der Waals surface area contributed by atoms with E-state index < -0.39 is 16.4 Å². The second kappa shape index (κ2) is 7.71. The molecule has 3 rings (SSSR count). The van der Waals surface area contributed by atoms with Crippen molar-refractivity contribution in [2.24, 2.45) is 0 Å². The SMILES string of the molecule is O=C1NC(=O)C(CC(=O)N(CCO)Cc2cc(=O)[nH]c3ccccc23)S1. The van der Waals surface area contributed by atoms with Crippen LogP contribution in [0.5, 0.6) is 0 Å². The van der Waals surface area contributed by atoms with Crippen molar-refractivity contribution in [3.63, 3.8) is 0 Å². The number of hydrogen-bond donors (Lipinski definition) is 3. The number of carbonyl (C=O) groups is 3. The van der Waals surface area contributed by atoms with E-state index in [0.717, 1.165) is 17.1 Å². The number of aromatic amines is 1. The van der Waals surface area contributed by atoms with Gasteiger partial charge < -0.3 is 15.0 Å². The first kappa shape index (κ1) is 18.2. The number of amides is 3. The minimum atomic E-state index is -0.771. The van der Waals surface area contributed by atoms with Gasteiger partial charge in [0.15, 0.2) is 0 Å². The van der Waals surface area contributed by atoms with Crippen LogP contribution in [0.3, 0.4) is 0 Å². The summed E-state index contributed by atoms with van der Waals surface area (Å²) in [7, 11) is 0. The van der Waals surface area contributed by atoms with Crippen molar-refractivity contribution in [1.29, 1.82) is 0 Å². The number of para-hydroxylation sites is 1. The summed E-state index contributed by atoms with van der Waals surface area (Å²) in [5, 5.41) is 11.0. The number of aliphatic hydroxyl groups excluding tert-OH is 1. The molecule has 0 aliphatic carbocycles. The molecule has 8 nitrogen and oxygen atoms in total. The summed E-state index contributed by atoms with van der Waals surface area (Å²) >= 11 is 0.784. The number of aromatic nitrogens is 1. The van der Waals surface area contributed by atoms with Gasteiger partial charge in [0.05, 0.1) is 6.61 Å². The van der Waals surface area contributed by atoms with Crippen LogP contribution in [0.25, 0.3) is 10.9 Å². The van der Waals surface area contributed by atoms with E-state index in [1.54, 1.807) is 12.1 Å². The Kier molecular flexibility index (Phi) is 5.38. The topological polar surface area (TPSA) is 120 Å². The Balaban J connectivity index is 1.83. The van der Waals surface area contributed by atoms with Gasteiger partial charge in [-0.05, 0) is 11.6 Å². The molecule has 9 heteroatoms. The molecule has 136 valence electrons. The Morgan fingerprint density at radius 2 is 2.00 bits per heavy atom. The van der Waals surface area contributed by atoms with Crippen LogP contribution in [-0.2, 0) is 16.1 Å². The summed E-state index contributed by atoms with van der Waals surface area (Å²) in [6.45, 7) is -0.0700. The average molecular weight is 375 g/mol. The van der Waals surface area contributed by atoms with Crippen molar-refractivity contribution in [2.45, 2.75) is 18.2 Å². The summed E-state index contributed by atoms with van der Waals surface area (Å²) in [5.41, 5.74) is 1.01. The highest BCUT2D eigenvalue weighted by Gasteiger charge is 2.34. The fourth-order valence-electron chi connectivity index (χ4n) is 2.84. The van der Waals surface area contributed by atoms with Gasteiger partial charge >= 0.3 is 0 Å². The van der Waals surface area contributed by atoms with Crippen molar-refractivity contribution >= 4 is 39.7 Å². The zero-order chi connectivity index (χ0) is 18.7. The normalized spacial score (nSPS) is 16.7. The molecule has 3 N–H and O–H groups in total. The lowest BCUT2D eigenvalue weighted by Crippen LogP contribution is -2.36. The monoisotopic (exact) mass is 375 g/mol. The molecule has 2 aromatic rings. The lowest BCUT2D eigenvalue weighted by atomic mass is 10.1. The van der Waals surface area contributed by atoms with E-state index in [9.17, 15) is 24.3 Å². The number of fused-ring (bicyclic) bond motifs is 1. The van der Waals surface area contributed by atoms with Gasteiger partial charge in [-0.25, -0.2) is 0 Å². The highest BCUT2D eigenvalue weighted by molar-refractivity contribution is 8.15. The highest BCUT2D eigenvalue weighted by Crippen LogP contribution is 2.23. The molecule has 1 aliphatic rings. The first-order valence-electron chi connectivity index (χ1n) is 7.99. The number of H-pyrrole nitrogens is 1. The van der Waals surface area contributed by atoms with Crippen LogP contribution in [0.1, 0.15) is 12.0 Å². The Morgan fingerprint density at radius 1 is 1.23 bits per heavy atom. The van der Waals surface area contributed by atoms with Crippen LogP contribution in [-0.4, -0.2) is 50.4 Å². The third-order valence-corrected chi connectivity index (χ3v) is 5.03. The van der Waals surface area contributed by atoms with Gasteiger partial charge in [0.25, 0.3) is 5.24 Å². The Labute approximate surface area is 152 Å². The maximum absolute atomic E-state index is 12.6. The first-order chi connectivity index (χ1) is 12.5. The van der Waals surface area contributed by atoms with Crippen molar-refractivity contribution in [1.82, 2.24) is 15.2 Å². The number of nitrogens with zero attached hydrogens (tertiary/aromatic N) is 1. The van der Waals surface area contributed by atoms with Gasteiger partial charge in [0, 0.05) is 36.5 Å². The fraction of sp³-hybridized carbons (Fsp3) is 0.294. The van der Waals surface area contributed by atoms with Gasteiger partial charge in [0.2, 0.25) is 17.4 Å². The van der Waals surface area contributed by atoms with Crippen LogP contribution in [0.2, 0.25) is 0 Å². The molecule has 1 atom stereocenters. The van der Waals surface area contributed by atoms with Gasteiger partial charge in [-0.2, -0.15) is 0 Å². The summed E-state index contributed by atoms with van der Waals surface area (Å²) in [5.74, 6) is -0.857. The summed E-state index contributed by atoms with van der Waals surface area (Å²) in [6.07, 6.45) is -0.149. The molecular formula is C17H17N3O5S. The van der Waals surface area contributed by atoms with Crippen LogP contribution >= 0.6 is 11.8 Å². The molecule has 3 amide bonds. The van der Waals surface area contributed by atoms with E-state index in [4.69, 9.17) is 0 Å². The van der Waals surface area contributed by atoms with Gasteiger partial charge in [-0.1, -0.05) is 30.0 Å². The van der Waals surface area contributed by atoms with Crippen LogP contribution in [0, 0.1) is 0 Å². The third-order valence-electron chi connectivity index (χ3n) is 4.05. The minimum Gasteiger partial charge on any atom is -0.395 e. The van der Waals surface area contributed by atoms with E-state index in [2.05, 4.69) is 10.3 Å². The summed E-state index contributed by atoms with van der Waals surface area (Å²) < 4.78 is 0. The molecule has 0 spiro atoms. The lowest BCUT2D eigenvalue weighted by molar-refractivity contribution is -0.134. The second-order valence-electron chi connectivity index (χ2n) is 5.83. The Bertz CT molecular complexity index is 926. The molecule has 2 heterocycles. The van der Waals surface area contributed by atoms with E-state index in [-0.39, 0.29) is 37.6 Å². The zero-order valence-corrected chi connectivity index (χ0v) is 14.5. The lowest BCUT2D eigenvalue weighted by Gasteiger charge is -2.23. The standard InChI is InChI=1S/C17H17N3O5S/c21-6-5-20(15(23)8-13-16(24)19-17(25)26-13)9-10-7-14(22)18-12-4-2-1-3-11(10)12/h1-4,7,13,21H,5-6,8-9H2,(H,18,22)(H,19,24,25). The smallest absolute Gasteiger partial charge is 0.286 e. The Hall–Kier alpha value is -2.65. The second-order valence-corrected chi connectivity index (χ2v) is 7.01. The summed E-state index contributed by atoms with van der Waals surface area (Å²) in [6, 6.07) is 8.64. The molecule has 1 aliphatic heterocycles. The maximum Gasteiger partial charge on any atom is 0.286 e. The zero-order valence-electron chi connectivity index (χ0n) is 13.7. The van der Waals surface area contributed by atoms with E-state index in [1.165, 1.54) is 11.0 Å². The highest BCUT2D eigenvalue weighted by atomic mass is 32.2. The van der Waals surface area contributed by atoms with E-state index in [1.807, 2.05) is 12.1 Å². The predicted molar refractivity (Wildman–Crippen MR) is 96.6 cm³/mol. The quantitative estimate of drug-likeness (QED) is 0.680. The average Bonchev–Trinajstić information content (AvgIpc) is 2.91. The third kappa shape index (κ3) is 3.94. The van der Waals surface area contributed by atoms with Crippen molar-refractivity contribution in [2.75, 3.05) is 13.2 Å². The molecule has 1 fully saturated rings. The number of pyridine rings is 1. The van der Waals surface area contributed by atoms with Crippen LogP contribution < -0.4 is 10.9 Å². The Morgan fingerprint density at radius 3 is 2.69 bits per heavy atom. The van der Waals surface area contributed by atoms with Crippen molar-refractivity contribution in [3.05, 3.63) is 46.2 Å². The molecule has 1 unspecified atom stereocenters. The molecule has 1 saturated heterocycles.